The van der Waals surface area contributed by atoms with Gasteiger partial charge in [0.2, 0.25) is 0 Å². The van der Waals surface area contributed by atoms with Crippen LogP contribution in [-0.2, 0) is 14.5 Å². The van der Waals surface area contributed by atoms with E-state index >= 15 is 0 Å². The Bertz CT molecular complexity index is 841. The van der Waals surface area contributed by atoms with E-state index in [-0.39, 0.29) is 21.9 Å². The minimum absolute atomic E-state index is 0.185. The van der Waals surface area contributed by atoms with Gasteiger partial charge in [0.1, 0.15) is 5.75 Å². The zero-order valence-electron chi connectivity index (χ0n) is 13.1. The van der Waals surface area contributed by atoms with Crippen LogP contribution in [0.5, 0.6) is 11.5 Å². The van der Waals surface area contributed by atoms with Crippen molar-refractivity contribution in [2.75, 3.05) is 26.1 Å². The molecule has 7 heteroatoms. The molecule has 1 atom stereocenters. The van der Waals surface area contributed by atoms with Crippen molar-refractivity contribution in [3.63, 3.8) is 0 Å². The third kappa shape index (κ3) is 3.62. The summed E-state index contributed by atoms with van der Waals surface area (Å²) in [6, 6.07) is 11.8. The molecule has 2 N–H and O–H groups in total. The van der Waals surface area contributed by atoms with Gasteiger partial charge in [0.05, 0.1) is 33.0 Å². The molecule has 0 saturated carbocycles. The van der Waals surface area contributed by atoms with Gasteiger partial charge in [-0.25, -0.2) is 13.4 Å². The number of nitrogens with zero attached hydrogens (tertiary/aromatic N) is 1. The van der Waals surface area contributed by atoms with E-state index < -0.39 is 15.7 Å². The minimum atomic E-state index is -2.77. The molecule has 1 unspecified atom stereocenters. The van der Waals surface area contributed by atoms with E-state index in [0.717, 1.165) is 0 Å². The van der Waals surface area contributed by atoms with Gasteiger partial charge in [-0.3, -0.25) is 0 Å². The fraction of sp³-hybridized carbons (Fsp3) is 0.188. The van der Waals surface area contributed by atoms with Gasteiger partial charge >= 0.3 is 5.97 Å². The zero-order chi connectivity index (χ0) is 17.0. The number of methoxy groups -OCH3 is 1. The highest BCUT2D eigenvalue weighted by molar-refractivity contribution is 7.93. The van der Waals surface area contributed by atoms with Crippen LogP contribution in [0.3, 0.4) is 0 Å². The number of nitrogens with two attached hydrogens (primary N) is 1. The molecule has 0 aliphatic rings. The molecule has 2 rings (SSSR count). The summed E-state index contributed by atoms with van der Waals surface area (Å²) in [7, 11) is -0.0694. The van der Waals surface area contributed by atoms with Crippen LogP contribution in [0, 0.1) is 0 Å². The fourth-order valence-electron chi connectivity index (χ4n) is 1.95. The molecule has 0 aromatic heterocycles. The number of hydrogen-bond acceptors (Lipinski definition) is 6. The molecule has 0 radical (unpaired) electrons. The molecule has 23 heavy (non-hydrogen) atoms. The van der Waals surface area contributed by atoms with Gasteiger partial charge in [-0.05, 0) is 24.3 Å². The van der Waals surface area contributed by atoms with Crippen molar-refractivity contribution < 1.29 is 18.5 Å². The van der Waals surface area contributed by atoms with Crippen molar-refractivity contribution in [1.82, 2.24) is 0 Å². The second-order valence-electron chi connectivity index (χ2n) is 4.78. The molecule has 6 nitrogen and oxygen atoms in total. The number of para-hydroxylation sites is 1. The Kier molecular flexibility index (Phi) is 4.90. The van der Waals surface area contributed by atoms with Crippen LogP contribution in [0.1, 0.15) is 10.4 Å². The SMILES string of the molecule is CN=S(C)(=O)c1cc(C(=O)OC)cc(N)c1Oc1ccccc1. The smallest absolute Gasteiger partial charge is 0.337 e. The van der Waals surface area contributed by atoms with Crippen LogP contribution in [-0.4, -0.2) is 30.6 Å². The number of hydrogen-bond donors (Lipinski definition) is 1. The number of esters is 1. The van der Waals surface area contributed by atoms with Crippen molar-refractivity contribution in [1.29, 1.82) is 0 Å². The average Bonchev–Trinajstić information content (AvgIpc) is 2.56. The lowest BCUT2D eigenvalue weighted by atomic mass is 10.2. The predicted octanol–water partition coefficient (Wildman–Crippen LogP) is 2.93. The van der Waals surface area contributed by atoms with E-state index in [1.165, 1.54) is 32.5 Å². The molecule has 122 valence electrons. The van der Waals surface area contributed by atoms with Crippen molar-refractivity contribution in [3.05, 3.63) is 48.0 Å². The summed E-state index contributed by atoms with van der Waals surface area (Å²) in [5.74, 6) is 0.190. The normalized spacial score (nSPS) is 13.0. The molecular weight excluding hydrogens is 316 g/mol. The first-order valence-electron chi connectivity index (χ1n) is 6.74. The van der Waals surface area contributed by atoms with Gasteiger partial charge in [-0.1, -0.05) is 18.2 Å². The highest BCUT2D eigenvalue weighted by atomic mass is 32.2. The number of carbonyl (C=O) groups is 1. The molecule has 0 heterocycles. The minimum Gasteiger partial charge on any atom is -0.465 e. The summed E-state index contributed by atoms with van der Waals surface area (Å²) in [6.45, 7) is 0. The summed E-state index contributed by atoms with van der Waals surface area (Å²) in [5, 5.41) is 0. The Hall–Kier alpha value is -2.54. The number of rotatable bonds is 4. The standard InChI is InChI=1S/C16H18N2O4S/c1-18-23(3,20)14-10-11(16(19)21-2)9-13(17)15(14)22-12-7-5-4-6-8-12/h4-10H,17H2,1-3H3. The topological polar surface area (TPSA) is 91.0 Å². The van der Waals surface area contributed by atoms with Crippen LogP contribution in [0.4, 0.5) is 5.69 Å². The maximum Gasteiger partial charge on any atom is 0.337 e. The second-order valence-corrected chi connectivity index (χ2v) is 7.19. The van der Waals surface area contributed by atoms with Crippen LogP contribution in [0.25, 0.3) is 0 Å². The maximum absolute atomic E-state index is 12.7. The maximum atomic E-state index is 12.7. The van der Waals surface area contributed by atoms with E-state index in [9.17, 15) is 9.00 Å². The first-order chi connectivity index (χ1) is 10.9. The molecule has 0 bridgehead atoms. The third-order valence-electron chi connectivity index (χ3n) is 3.22. The first-order valence-corrected chi connectivity index (χ1v) is 8.66. The van der Waals surface area contributed by atoms with Crippen LogP contribution in [0.15, 0.2) is 51.7 Å². The van der Waals surface area contributed by atoms with E-state index in [2.05, 4.69) is 4.36 Å². The van der Waals surface area contributed by atoms with E-state index in [1.807, 2.05) is 18.2 Å². The Morgan fingerprint density at radius 1 is 1.22 bits per heavy atom. The lowest BCUT2D eigenvalue weighted by Gasteiger charge is -2.16. The van der Waals surface area contributed by atoms with Gasteiger partial charge in [-0.2, -0.15) is 0 Å². The van der Waals surface area contributed by atoms with Gasteiger partial charge < -0.3 is 15.2 Å². The molecule has 0 spiro atoms. The highest BCUT2D eigenvalue weighted by Gasteiger charge is 2.21. The van der Waals surface area contributed by atoms with Crippen molar-refractivity contribution in [3.8, 4) is 11.5 Å². The van der Waals surface area contributed by atoms with Crippen molar-refractivity contribution >= 4 is 21.4 Å². The summed E-state index contributed by atoms with van der Waals surface area (Å²) >= 11 is 0. The van der Waals surface area contributed by atoms with Gasteiger partial charge in [0.15, 0.2) is 5.75 Å². The largest absolute Gasteiger partial charge is 0.465 e. The summed E-state index contributed by atoms with van der Waals surface area (Å²) in [5.41, 5.74) is 6.39. The molecule has 2 aromatic carbocycles. The molecule has 2 aromatic rings. The Labute approximate surface area is 135 Å². The molecule has 0 aliphatic carbocycles. The molecule has 0 saturated heterocycles. The molecule has 0 amide bonds. The van der Waals surface area contributed by atoms with E-state index in [4.69, 9.17) is 15.2 Å². The monoisotopic (exact) mass is 334 g/mol. The Morgan fingerprint density at radius 2 is 1.87 bits per heavy atom. The molecule has 0 aliphatic heterocycles. The molecule has 0 fully saturated rings. The second kappa shape index (κ2) is 6.70. The fourth-order valence-corrected chi connectivity index (χ4v) is 3.00. The number of benzene rings is 2. The summed E-state index contributed by atoms with van der Waals surface area (Å²) in [6.07, 6.45) is 1.46. The summed E-state index contributed by atoms with van der Waals surface area (Å²) in [4.78, 5) is 12.0. The number of carbonyl (C=O) groups excluding carboxylic acids is 1. The third-order valence-corrected chi connectivity index (χ3v) is 5.04. The average molecular weight is 334 g/mol. The first kappa shape index (κ1) is 16.8. The van der Waals surface area contributed by atoms with Gasteiger partial charge in [0, 0.05) is 13.3 Å². The number of ether oxygens (including phenoxy) is 2. The Morgan fingerprint density at radius 3 is 2.43 bits per heavy atom. The lowest BCUT2D eigenvalue weighted by molar-refractivity contribution is 0.0600. The Balaban J connectivity index is 2.65. The highest BCUT2D eigenvalue weighted by Crippen LogP contribution is 2.36. The number of nitrogen functional groups attached to an aromatic ring is 1. The van der Waals surface area contributed by atoms with Crippen molar-refractivity contribution in [2.45, 2.75) is 4.90 Å². The summed E-state index contributed by atoms with van der Waals surface area (Å²) < 4.78 is 27.1. The van der Waals surface area contributed by atoms with Gasteiger partial charge in [0.25, 0.3) is 0 Å². The molecular formula is C16H18N2O4S. The predicted molar refractivity (Wildman–Crippen MR) is 89.4 cm³/mol. The van der Waals surface area contributed by atoms with E-state index in [1.54, 1.807) is 12.1 Å². The van der Waals surface area contributed by atoms with Crippen LogP contribution >= 0.6 is 0 Å². The van der Waals surface area contributed by atoms with Gasteiger partial charge in [-0.15, -0.1) is 0 Å². The lowest BCUT2D eigenvalue weighted by Crippen LogP contribution is -2.08. The zero-order valence-corrected chi connectivity index (χ0v) is 13.9. The van der Waals surface area contributed by atoms with Crippen LogP contribution in [0.2, 0.25) is 0 Å². The number of anilines is 1. The van der Waals surface area contributed by atoms with Crippen molar-refractivity contribution in [2.24, 2.45) is 4.36 Å². The van der Waals surface area contributed by atoms with Crippen LogP contribution < -0.4 is 10.5 Å². The van der Waals surface area contributed by atoms with E-state index in [0.29, 0.717) is 5.75 Å². The quantitative estimate of drug-likeness (QED) is 0.685.